The van der Waals surface area contributed by atoms with Crippen molar-refractivity contribution in [1.29, 1.82) is 0 Å². The maximum atomic E-state index is 5.47. The van der Waals surface area contributed by atoms with E-state index in [1.807, 2.05) is 23.6 Å². The lowest BCUT2D eigenvalue weighted by molar-refractivity contribution is 0.647. The number of nitrogens with zero attached hydrogens (tertiary/aromatic N) is 1. The number of benzene rings is 1. The van der Waals surface area contributed by atoms with Gasteiger partial charge >= 0.3 is 0 Å². The highest BCUT2D eigenvalue weighted by atomic mass is 32.1. The first-order chi connectivity index (χ1) is 9.66. The van der Waals surface area contributed by atoms with E-state index in [1.165, 1.54) is 15.3 Å². The van der Waals surface area contributed by atoms with Crippen LogP contribution in [0, 0.1) is 11.7 Å². The predicted octanol–water partition coefficient (Wildman–Crippen LogP) is 5.19. The van der Waals surface area contributed by atoms with Crippen molar-refractivity contribution in [3.63, 3.8) is 0 Å². The Balaban J connectivity index is 2.10. The summed E-state index contributed by atoms with van der Waals surface area (Å²) in [5, 5.41) is 0. The van der Waals surface area contributed by atoms with E-state index in [2.05, 4.69) is 59.8 Å². The lowest BCUT2D eigenvalue weighted by atomic mass is 10.1. The molecule has 1 aromatic carbocycles. The topological polar surface area (TPSA) is 20.7 Å². The van der Waals surface area contributed by atoms with E-state index in [-0.39, 0.29) is 6.04 Å². The number of rotatable bonds is 3. The largest absolute Gasteiger partial charge is 0.337 e. The zero-order valence-electron chi connectivity index (χ0n) is 11.5. The molecule has 2 aromatic heterocycles. The fraction of sp³-hybridized carbons (Fsp3) is 0.188. The van der Waals surface area contributed by atoms with E-state index in [1.54, 1.807) is 0 Å². The number of aryl methyl sites for hydroxylation is 1. The van der Waals surface area contributed by atoms with Crippen LogP contribution in [0.3, 0.4) is 0 Å². The van der Waals surface area contributed by atoms with Crippen LogP contribution in [0.25, 0.3) is 11.3 Å². The number of thiophene rings is 1. The molecule has 3 aromatic rings. The van der Waals surface area contributed by atoms with Crippen molar-refractivity contribution < 1.29 is 0 Å². The van der Waals surface area contributed by atoms with Gasteiger partial charge in [-0.1, -0.05) is 30.3 Å². The van der Waals surface area contributed by atoms with E-state index in [0.717, 1.165) is 10.5 Å². The number of hydrogen-bond acceptors (Lipinski definition) is 2. The first-order valence-electron chi connectivity index (χ1n) is 6.58. The summed E-state index contributed by atoms with van der Waals surface area (Å²) >= 11 is 7.29. The molecule has 1 unspecified atom stereocenters. The zero-order chi connectivity index (χ0) is 14.1. The van der Waals surface area contributed by atoms with Crippen molar-refractivity contribution in [3.05, 3.63) is 63.2 Å². The van der Waals surface area contributed by atoms with Crippen LogP contribution in [-0.2, 0) is 0 Å². The Hall–Kier alpha value is -1.65. The molecule has 0 aliphatic carbocycles. The molecule has 3 rings (SSSR count). The average molecular weight is 300 g/mol. The SMILES string of the molecule is Cc1ccc(C(C)n2c(-c3ccccc3)c[nH]c2=S)s1. The first kappa shape index (κ1) is 13.3. The number of nitrogens with one attached hydrogen (secondary N) is 1. The van der Waals surface area contributed by atoms with Gasteiger partial charge in [0, 0.05) is 16.0 Å². The standard InChI is InChI=1S/C16H16N2S2/c1-11-8-9-15(20-11)12(2)18-14(10-17-16(18)19)13-6-4-3-5-7-13/h3-10,12H,1-2H3,(H,17,19). The maximum absolute atomic E-state index is 5.47. The van der Waals surface area contributed by atoms with Crippen LogP contribution >= 0.6 is 23.6 Å². The Kier molecular flexibility index (Phi) is 3.59. The van der Waals surface area contributed by atoms with Gasteiger partial charge in [0.15, 0.2) is 4.77 Å². The van der Waals surface area contributed by atoms with Gasteiger partial charge in [-0.3, -0.25) is 0 Å². The number of aromatic nitrogens is 2. The average Bonchev–Trinajstić information content (AvgIpc) is 3.05. The Morgan fingerprint density at radius 2 is 1.90 bits per heavy atom. The van der Waals surface area contributed by atoms with Crippen LogP contribution < -0.4 is 0 Å². The number of hydrogen-bond donors (Lipinski definition) is 1. The molecule has 0 fully saturated rings. The van der Waals surface area contributed by atoms with E-state index >= 15 is 0 Å². The van der Waals surface area contributed by atoms with Crippen LogP contribution in [0.1, 0.15) is 22.7 Å². The van der Waals surface area contributed by atoms with Crippen molar-refractivity contribution in [2.75, 3.05) is 0 Å². The summed E-state index contributed by atoms with van der Waals surface area (Å²) in [6, 6.07) is 14.9. The van der Waals surface area contributed by atoms with Gasteiger partial charge in [-0.2, -0.15) is 0 Å². The third kappa shape index (κ3) is 2.37. The molecule has 0 radical (unpaired) electrons. The Morgan fingerprint density at radius 3 is 2.55 bits per heavy atom. The maximum Gasteiger partial charge on any atom is 0.178 e. The summed E-state index contributed by atoms with van der Waals surface area (Å²) in [6.07, 6.45) is 1.99. The molecule has 0 spiro atoms. The third-order valence-electron chi connectivity index (χ3n) is 3.44. The van der Waals surface area contributed by atoms with Crippen LogP contribution in [0.15, 0.2) is 48.7 Å². The van der Waals surface area contributed by atoms with Crippen LogP contribution in [0.2, 0.25) is 0 Å². The minimum absolute atomic E-state index is 0.239. The summed E-state index contributed by atoms with van der Waals surface area (Å²) in [6.45, 7) is 4.33. The molecule has 0 aliphatic rings. The molecule has 0 saturated carbocycles. The molecule has 2 heterocycles. The van der Waals surface area contributed by atoms with E-state index in [4.69, 9.17) is 12.2 Å². The molecule has 2 nitrogen and oxygen atoms in total. The van der Waals surface area contributed by atoms with Gasteiger partial charge in [0.1, 0.15) is 0 Å². The summed E-state index contributed by atoms with van der Waals surface area (Å²) in [5.41, 5.74) is 2.31. The molecule has 1 atom stereocenters. The minimum Gasteiger partial charge on any atom is -0.337 e. The van der Waals surface area contributed by atoms with E-state index < -0.39 is 0 Å². The Labute approximate surface area is 127 Å². The smallest absolute Gasteiger partial charge is 0.178 e. The van der Waals surface area contributed by atoms with Crippen molar-refractivity contribution in [3.8, 4) is 11.3 Å². The third-order valence-corrected chi connectivity index (χ3v) is 4.93. The second kappa shape index (κ2) is 5.38. The summed E-state index contributed by atoms with van der Waals surface area (Å²) in [4.78, 5) is 5.83. The number of imidazole rings is 1. The van der Waals surface area contributed by atoms with Crippen molar-refractivity contribution >= 4 is 23.6 Å². The van der Waals surface area contributed by atoms with E-state index in [0.29, 0.717) is 0 Å². The molecule has 0 saturated heterocycles. The van der Waals surface area contributed by atoms with Crippen molar-refractivity contribution in [2.45, 2.75) is 19.9 Å². The number of H-pyrrole nitrogens is 1. The highest BCUT2D eigenvalue weighted by Crippen LogP contribution is 2.30. The van der Waals surface area contributed by atoms with Gasteiger partial charge in [0.2, 0.25) is 0 Å². The highest BCUT2D eigenvalue weighted by Gasteiger charge is 2.15. The summed E-state index contributed by atoms with van der Waals surface area (Å²) in [5.74, 6) is 0. The normalized spacial score (nSPS) is 12.5. The molecular weight excluding hydrogens is 284 g/mol. The first-order valence-corrected chi connectivity index (χ1v) is 7.81. The predicted molar refractivity (Wildman–Crippen MR) is 87.9 cm³/mol. The molecule has 0 aliphatic heterocycles. The monoisotopic (exact) mass is 300 g/mol. The number of aromatic amines is 1. The van der Waals surface area contributed by atoms with Crippen LogP contribution in [-0.4, -0.2) is 9.55 Å². The summed E-state index contributed by atoms with van der Waals surface area (Å²) in [7, 11) is 0. The summed E-state index contributed by atoms with van der Waals surface area (Å²) < 4.78 is 2.96. The van der Waals surface area contributed by atoms with Gasteiger partial charge < -0.3 is 9.55 Å². The highest BCUT2D eigenvalue weighted by molar-refractivity contribution is 7.71. The van der Waals surface area contributed by atoms with Crippen LogP contribution in [0.5, 0.6) is 0 Å². The van der Waals surface area contributed by atoms with Gasteiger partial charge in [0.25, 0.3) is 0 Å². The molecule has 20 heavy (non-hydrogen) atoms. The Bertz CT molecular complexity index is 765. The molecule has 0 bridgehead atoms. The van der Waals surface area contributed by atoms with Crippen LogP contribution in [0.4, 0.5) is 0 Å². The fourth-order valence-electron chi connectivity index (χ4n) is 2.40. The van der Waals surface area contributed by atoms with Gasteiger partial charge in [0.05, 0.1) is 11.7 Å². The molecule has 102 valence electrons. The lowest BCUT2D eigenvalue weighted by Gasteiger charge is -2.15. The fourth-order valence-corrected chi connectivity index (χ4v) is 3.63. The molecule has 0 amide bonds. The second-order valence-electron chi connectivity index (χ2n) is 4.84. The van der Waals surface area contributed by atoms with Crippen molar-refractivity contribution in [1.82, 2.24) is 9.55 Å². The van der Waals surface area contributed by atoms with Crippen molar-refractivity contribution in [2.24, 2.45) is 0 Å². The molecular formula is C16H16N2S2. The van der Waals surface area contributed by atoms with Gasteiger partial charge in [-0.05, 0) is 43.8 Å². The quantitative estimate of drug-likeness (QED) is 0.660. The van der Waals surface area contributed by atoms with E-state index in [9.17, 15) is 0 Å². The minimum atomic E-state index is 0.239. The van der Waals surface area contributed by atoms with Gasteiger partial charge in [-0.25, -0.2) is 0 Å². The Morgan fingerprint density at radius 1 is 1.15 bits per heavy atom. The zero-order valence-corrected chi connectivity index (χ0v) is 13.1. The lowest BCUT2D eigenvalue weighted by Crippen LogP contribution is -2.06. The van der Waals surface area contributed by atoms with Gasteiger partial charge in [-0.15, -0.1) is 11.3 Å². The molecule has 1 N–H and O–H groups in total. The second-order valence-corrected chi connectivity index (χ2v) is 6.55. The molecule has 4 heteroatoms.